The average Bonchev–Trinajstić information content (AvgIpc) is 4.38. The number of thiazole rings is 1. The number of fused-ring (bicyclic) bond motifs is 2. The summed E-state index contributed by atoms with van der Waals surface area (Å²) in [6, 6.07) is 17.4. The number of imide groups is 1. The summed E-state index contributed by atoms with van der Waals surface area (Å²) in [6.45, 7) is 14.8. The van der Waals surface area contributed by atoms with Crippen LogP contribution in [0.3, 0.4) is 0 Å². The Morgan fingerprint density at radius 1 is 0.744 bits per heavy atom. The molecule has 5 aliphatic heterocycles. The lowest BCUT2D eigenvalue weighted by atomic mass is 9.91. The Morgan fingerprint density at radius 2 is 1.28 bits per heavy atom. The third kappa shape index (κ3) is 10.7. The molecule has 6 heterocycles. The van der Waals surface area contributed by atoms with E-state index < -0.39 is 112 Å². The molecule has 0 radical (unpaired) electrons. The molecule has 5 amide bonds. The molecule has 3 fully saturated rings. The highest BCUT2D eigenvalue weighted by atomic mass is 32.1. The van der Waals surface area contributed by atoms with E-state index in [1.165, 1.54) is 38.3 Å². The second kappa shape index (κ2) is 20.1. The highest BCUT2D eigenvalue weighted by Crippen LogP contribution is 2.50. The van der Waals surface area contributed by atoms with Gasteiger partial charge in [0.15, 0.2) is 22.3 Å². The molecule has 4 aromatic rings. The smallest absolute Gasteiger partial charge is 0.413 e. The number of benzene rings is 3. The fraction of sp³-hybridized carbons (Fsp3) is 0.444. The van der Waals surface area contributed by atoms with Gasteiger partial charge < -0.3 is 43.5 Å². The normalized spacial score (nSPS) is 21.9. The van der Waals surface area contributed by atoms with Crippen molar-refractivity contribution in [3.05, 3.63) is 106 Å². The van der Waals surface area contributed by atoms with Gasteiger partial charge in [0.05, 0.1) is 17.5 Å². The van der Waals surface area contributed by atoms with E-state index in [2.05, 4.69) is 20.8 Å². The highest BCUT2D eigenvalue weighted by molar-refractivity contribution is 7.14. The quantitative estimate of drug-likeness (QED) is 0.0575. The zero-order valence-electron chi connectivity index (χ0n) is 44.6. The number of carbonyl (C=O) groups is 8. The Kier molecular flexibility index (Phi) is 14.1. The monoisotopic (exact) mass is 1090 g/mol. The standard InChI is InChI=1S/C54H59N7O16S/c1-49(2,3)74-45(67)52(21-23-59(10)24-22-52)77-58-39(35-29-78-47(56-35)57-48(69)76-51(7,8)9)40(62)55-34-28-70-61(43(34)65)53(46(68)75-50(4,5)6)27-36(44(66)73-53)60-41(63)32-25-37-38(26-33(32)42(60)64)72-54(71-37,30-17-13-11-14-18-30)31-19-15-12-16-20-31/h11-20,25-26,29,34,36H,21-24,27-28H2,1-10H3,(H,55,62)(H,56,57,69)/b58-39-/t34-,36-,53?/m0/s1. The van der Waals surface area contributed by atoms with E-state index >= 15 is 0 Å². The van der Waals surface area contributed by atoms with Gasteiger partial charge in [0.2, 0.25) is 5.60 Å². The minimum atomic E-state index is -2.76. The van der Waals surface area contributed by atoms with E-state index in [1.807, 2.05) is 72.6 Å². The van der Waals surface area contributed by atoms with Crippen molar-refractivity contribution in [2.75, 3.05) is 32.1 Å². The Bertz CT molecular complexity index is 3030. The van der Waals surface area contributed by atoms with Crippen molar-refractivity contribution < 1.29 is 76.5 Å². The lowest BCUT2D eigenvalue weighted by Crippen LogP contribution is -2.59. The fourth-order valence-corrected chi connectivity index (χ4v) is 9.84. The van der Waals surface area contributed by atoms with Gasteiger partial charge in [-0.15, -0.1) is 11.3 Å². The van der Waals surface area contributed by atoms with Crippen LogP contribution in [0, 0.1) is 0 Å². The zero-order chi connectivity index (χ0) is 56.3. The molecule has 3 atom stereocenters. The first-order valence-corrected chi connectivity index (χ1v) is 25.9. The lowest BCUT2D eigenvalue weighted by molar-refractivity contribution is -0.263. The number of cyclic esters (lactones) is 1. The summed E-state index contributed by atoms with van der Waals surface area (Å²) in [5, 5.41) is 11.0. The molecule has 0 bridgehead atoms. The van der Waals surface area contributed by atoms with Crippen molar-refractivity contribution in [3.63, 3.8) is 0 Å². The molecule has 3 aromatic carbocycles. The average molecular weight is 1090 g/mol. The Balaban J connectivity index is 0.987. The number of hydroxylamine groups is 2. The number of rotatable bonds is 12. The second-order valence-electron chi connectivity index (χ2n) is 22.3. The van der Waals surface area contributed by atoms with Crippen molar-refractivity contribution >= 4 is 69.8 Å². The summed E-state index contributed by atoms with van der Waals surface area (Å²) in [5.74, 6) is -8.61. The van der Waals surface area contributed by atoms with E-state index in [4.69, 9.17) is 38.1 Å². The molecular formula is C54H59N7O16S. The first kappa shape index (κ1) is 54.8. The number of aromatic nitrogens is 1. The summed E-state index contributed by atoms with van der Waals surface area (Å²) in [6.07, 6.45) is -1.47. The van der Waals surface area contributed by atoms with E-state index in [0.29, 0.717) is 34.2 Å². The predicted molar refractivity (Wildman–Crippen MR) is 275 cm³/mol. The molecule has 23 nitrogen and oxygen atoms in total. The molecule has 3 saturated heterocycles. The Labute approximate surface area is 452 Å². The van der Waals surface area contributed by atoms with E-state index in [9.17, 15) is 38.4 Å². The Morgan fingerprint density at radius 3 is 1.82 bits per heavy atom. The minimum absolute atomic E-state index is 0.0128. The maximum Gasteiger partial charge on any atom is 0.413 e. The first-order valence-electron chi connectivity index (χ1n) is 25.0. The van der Waals surface area contributed by atoms with Gasteiger partial charge in [-0.3, -0.25) is 34.2 Å². The SMILES string of the molecule is CN1CCC(O/N=C(\C(=O)N[C@H]2CON(C3(C(=O)OC(C)(C)C)C[C@H](N4C(=O)c5cc6c(cc5C4=O)OC(c4ccccc4)(c4ccccc4)O6)C(=O)O3)C2=O)c2csc(NC(=O)OC(C)(C)C)n2)(C(=O)OC(C)(C)C)CC1. The fourth-order valence-electron chi connectivity index (χ4n) is 9.15. The van der Waals surface area contributed by atoms with E-state index in [-0.39, 0.29) is 46.3 Å². The third-order valence-corrected chi connectivity index (χ3v) is 13.5. The molecule has 1 aromatic heterocycles. The van der Waals surface area contributed by atoms with Gasteiger partial charge in [0.25, 0.3) is 23.6 Å². The molecule has 24 heteroatoms. The zero-order valence-corrected chi connectivity index (χ0v) is 45.4. The molecule has 2 N–H and O–H groups in total. The lowest BCUT2D eigenvalue weighted by Gasteiger charge is -2.38. The van der Waals surface area contributed by atoms with Gasteiger partial charge in [0, 0.05) is 42.4 Å². The number of anilines is 1. The van der Waals surface area contributed by atoms with E-state index in [0.717, 1.165) is 11.3 Å². The minimum Gasteiger partial charge on any atom is -0.457 e. The van der Waals surface area contributed by atoms with Gasteiger partial charge in [0.1, 0.15) is 41.2 Å². The third-order valence-electron chi connectivity index (χ3n) is 12.8. The number of likely N-dealkylation sites (tertiary alicyclic amines) is 1. The molecule has 78 heavy (non-hydrogen) atoms. The summed E-state index contributed by atoms with van der Waals surface area (Å²) >= 11 is 0.901. The van der Waals surface area contributed by atoms with Crippen LogP contribution in [0.1, 0.15) is 119 Å². The van der Waals surface area contributed by atoms with Crippen LogP contribution >= 0.6 is 11.3 Å². The number of ether oxygens (including phenoxy) is 6. The highest BCUT2D eigenvalue weighted by Gasteiger charge is 2.66. The van der Waals surface area contributed by atoms with Crippen LogP contribution in [0.5, 0.6) is 11.5 Å². The van der Waals surface area contributed by atoms with Gasteiger partial charge in [-0.25, -0.2) is 24.2 Å². The molecule has 0 saturated carbocycles. The largest absolute Gasteiger partial charge is 0.457 e. The summed E-state index contributed by atoms with van der Waals surface area (Å²) in [5.41, 5.74) is -7.20. The van der Waals surface area contributed by atoms with Crippen molar-refractivity contribution in [1.82, 2.24) is 25.2 Å². The van der Waals surface area contributed by atoms with Crippen LogP contribution in [-0.4, -0.2) is 140 Å². The maximum atomic E-state index is 14.6. The summed E-state index contributed by atoms with van der Waals surface area (Å²) in [4.78, 5) is 132. The van der Waals surface area contributed by atoms with Crippen molar-refractivity contribution in [3.8, 4) is 11.5 Å². The molecular weight excluding hydrogens is 1030 g/mol. The second-order valence-corrected chi connectivity index (χ2v) is 23.1. The molecule has 0 aliphatic carbocycles. The predicted octanol–water partition coefficient (Wildman–Crippen LogP) is 5.60. The number of oxime groups is 1. The van der Waals surface area contributed by atoms with Gasteiger partial charge in [-0.2, -0.15) is 5.06 Å². The van der Waals surface area contributed by atoms with Crippen LogP contribution < -0.4 is 20.1 Å². The van der Waals surface area contributed by atoms with Crippen LogP contribution in [0.15, 0.2) is 83.3 Å². The molecule has 9 rings (SSSR count). The Hall–Kier alpha value is -7.96. The topological polar surface area (TPSA) is 269 Å². The number of hydrogen-bond donors (Lipinski definition) is 2. The first-order chi connectivity index (χ1) is 36.6. The number of esters is 3. The molecule has 0 spiro atoms. The van der Waals surface area contributed by atoms with Crippen LogP contribution in [0.2, 0.25) is 0 Å². The number of piperidine rings is 1. The van der Waals surface area contributed by atoms with Crippen molar-refractivity contribution in [1.29, 1.82) is 0 Å². The van der Waals surface area contributed by atoms with Crippen molar-refractivity contribution in [2.45, 2.75) is 128 Å². The molecule has 1 unspecified atom stereocenters. The van der Waals surface area contributed by atoms with Crippen LogP contribution in [0.25, 0.3) is 0 Å². The number of nitrogens with zero attached hydrogens (tertiary/aromatic N) is 5. The van der Waals surface area contributed by atoms with Gasteiger partial charge >= 0.3 is 35.5 Å². The van der Waals surface area contributed by atoms with Crippen molar-refractivity contribution in [2.24, 2.45) is 5.16 Å². The molecule has 412 valence electrons. The summed E-state index contributed by atoms with van der Waals surface area (Å²) < 4.78 is 35.6. The number of hydrogen-bond acceptors (Lipinski definition) is 20. The number of amides is 5. The van der Waals surface area contributed by atoms with Gasteiger partial charge in [-0.1, -0.05) is 65.8 Å². The van der Waals surface area contributed by atoms with E-state index in [1.54, 1.807) is 41.5 Å². The number of carbonyl (C=O) groups excluding carboxylic acids is 8. The van der Waals surface area contributed by atoms with Gasteiger partial charge in [-0.05, 0) is 81.5 Å². The maximum absolute atomic E-state index is 14.6. The molecule has 5 aliphatic rings. The van der Waals surface area contributed by atoms with Crippen LogP contribution in [-0.2, 0) is 58.4 Å². The summed E-state index contributed by atoms with van der Waals surface area (Å²) in [7, 11) is 1.86. The van der Waals surface area contributed by atoms with Crippen LogP contribution in [0.4, 0.5) is 9.93 Å². The number of nitrogens with one attached hydrogen (secondary N) is 2.